The van der Waals surface area contributed by atoms with Gasteiger partial charge in [-0.3, -0.25) is 4.99 Å². The molecule has 0 N–H and O–H groups in total. The quantitative estimate of drug-likeness (QED) is 0.477. The van der Waals surface area contributed by atoms with Crippen molar-refractivity contribution in [3.8, 4) is 0 Å². The smallest absolute Gasteiger partial charge is 0.0717 e. The van der Waals surface area contributed by atoms with Crippen LogP contribution in [-0.2, 0) is 16.1 Å². The fourth-order valence-corrected chi connectivity index (χ4v) is 1.49. The van der Waals surface area contributed by atoms with Gasteiger partial charge in [-0.25, -0.2) is 0 Å². The Morgan fingerprint density at radius 2 is 1.83 bits per heavy atom. The van der Waals surface area contributed by atoms with E-state index in [9.17, 15) is 0 Å². The number of ether oxygens (including phenoxy) is 2. The third-order valence-electron chi connectivity index (χ3n) is 2.57. The molecule has 3 nitrogen and oxygen atoms in total. The zero-order valence-electron chi connectivity index (χ0n) is 15.3. The molecule has 0 aromatic heterocycles. The summed E-state index contributed by atoms with van der Waals surface area (Å²) < 4.78 is 10.6. The lowest BCUT2D eigenvalue weighted by Gasteiger charge is -2.10. The van der Waals surface area contributed by atoms with Crippen molar-refractivity contribution in [2.75, 3.05) is 26.9 Å². The predicted octanol–water partition coefficient (Wildman–Crippen LogP) is 4.94. The second-order valence-electron chi connectivity index (χ2n) is 4.81. The number of hydrogen-bond donors (Lipinski definition) is 0. The maximum Gasteiger partial charge on any atom is 0.0717 e. The van der Waals surface area contributed by atoms with Gasteiger partial charge in [0.15, 0.2) is 0 Å². The lowest BCUT2D eigenvalue weighted by Crippen LogP contribution is -2.11. The first-order valence-electron chi connectivity index (χ1n) is 7.97. The summed E-state index contributed by atoms with van der Waals surface area (Å²) in [7, 11) is 1.72. The maximum absolute atomic E-state index is 5.55. The van der Waals surface area contributed by atoms with Crippen molar-refractivity contribution in [1.82, 2.24) is 0 Å². The van der Waals surface area contributed by atoms with E-state index in [1.54, 1.807) is 13.2 Å². The van der Waals surface area contributed by atoms with Crippen molar-refractivity contribution in [2.24, 2.45) is 10.9 Å². The van der Waals surface area contributed by atoms with E-state index < -0.39 is 0 Å². The number of benzene rings is 1. The van der Waals surface area contributed by atoms with Crippen LogP contribution in [0.5, 0.6) is 0 Å². The van der Waals surface area contributed by atoms with Crippen LogP contribution < -0.4 is 0 Å². The summed E-state index contributed by atoms with van der Waals surface area (Å²) in [5.74, 6) is 0.462. The SMILES string of the molecule is C=CC(=C)CN=C.CC.COCC(C)COCc1ccccc1. The molecule has 1 unspecified atom stereocenters. The molecule has 0 saturated heterocycles. The fourth-order valence-electron chi connectivity index (χ4n) is 1.49. The van der Waals surface area contributed by atoms with E-state index in [2.05, 4.69) is 43.9 Å². The van der Waals surface area contributed by atoms with E-state index in [0.29, 0.717) is 19.1 Å². The summed E-state index contributed by atoms with van der Waals surface area (Å²) in [6, 6.07) is 10.2. The Balaban J connectivity index is 0. The van der Waals surface area contributed by atoms with Gasteiger partial charge in [0.2, 0.25) is 0 Å². The van der Waals surface area contributed by atoms with Crippen molar-refractivity contribution in [3.63, 3.8) is 0 Å². The van der Waals surface area contributed by atoms with Crippen molar-refractivity contribution in [1.29, 1.82) is 0 Å². The summed E-state index contributed by atoms with van der Waals surface area (Å²) in [5.41, 5.74) is 2.13. The third-order valence-corrected chi connectivity index (χ3v) is 2.57. The molecule has 130 valence electrons. The van der Waals surface area contributed by atoms with Crippen LogP contribution in [0, 0.1) is 5.92 Å². The molecule has 1 atom stereocenters. The second kappa shape index (κ2) is 18.3. The van der Waals surface area contributed by atoms with Gasteiger partial charge in [-0.15, -0.1) is 0 Å². The largest absolute Gasteiger partial charge is 0.384 e. The zero-order chi connectivity index (χ0) is 17.9. The molecule has 3 heteroatoms. The van der Waals surface area contributed by atoms with Gasteiger partial charge in [0.05, 0.1) is 26.4 Å². The molecule has 0 aliphatic carbocycles. The van der Waals surface area contributed by atoms with Crippen LogP contribution in [0.3, 0.4) is 0 Å². The van der Waals surface area contributed by atoms with E-state index in [0.717, 1.165) is 18.8 Å². The maximum atomic E-state index is 5.55. The first-order chi connectivity index (χ1) is 11.1. The monoisotopic (exact) mass is 319 g/mol. The number of methoxy groups -OCH3 is 1. The minimum Gasteiger partial charge on any atom is -0.384 e. The molecular weight excluding hydrogens is 286 g/mol. The Kier molecular flexibility index (Phi) is 18.8. The Morgan fingerprint density at radius 3 is 2.26 bits per heavy atom. The van der Waals surface area contributed by atoms with Gasteiger partial charge in [-0.05, 0) is 17.9 Å². The first kappa shape index (κ1) is 23.6. The van der Waals surface area contributed by atoms with Gasteiger partial charge in [0.25, 0.3) is 0 Å². The van der Waals surface area contributed by atoms with E-state index in [-0.39, 0.29) is 0 Å². The summed E-state index contributed by atoms with van der Waals surface area (Å²) in [6.45, 7) is 19.3. The van der Waals surface area contributed by atoms with Gasteiger partial charge in [0.1, 0.15) is 0 Å². The highest BCUT2D eigenvalue weighted by Crippen LogP contribution is 2.03. The minimum absolute atomic E-state index is 0.462. The Morgan fingerprint density at radius 1 is 1.22 bits per heavy atom. The minimum atomic E-state index is 0.462. The van der Waals surface area contributed by atoms with Gasteiger partial charge in [0, 0.05) is 13.0 Å². The van der Waals surface area contributed by atoms with E-state index in [1.165, 1.54) is 5.56 Å². The molecule has 0 bridgehead atoms. The standard InChI is InChI=1S/C12H18O2.C6H9N.C2H6/c1-11(8-13-2)9-14-10-12-6-4-3-5-7-12;1-4-6(2)5-7-3;1-2/h3-7,11H,8-10H2,1-2H3;4H,1-3,5H2;1-2H3. The normalized spacial score (nSPS) is 10.3. The molecule has 0 amide bonds. The lowest BCUT2D eigenvalue weighted by atomic mass is 10.2. The zero-order valence-corrected chi connectivity index (χ0v) is 15.3. The molecule has 23 heavy (non-hydrogen) atoms. The highest BCUT2D eigenvalue weighted by atomic mass is 16.5. The second-order valence-corrected chi connectivity index (χ2v) is 4.81. The van der Waals surface area contributed by atoms with Gasteiger partial charge < -0.3 is 9.47 Å². The third kappa shape index (κ3) is 16.5. The first-order valence-corrected chi connectivity index (χ1v) is 7.97. The molecule has 0 aliphatic rings. The Hall–Kier alpha value is -1.71. The van der Waals surface area contributed by atoms with E-state index in [1.807, 2.05) is 32.0 Å². The molecular formula is C20H33NO2. The molecule has 1 rings (SSSR count). The number of rotatable bonds is 9. The average molecular weight is 319 g/mol. The summed E-state index contributed by atoms with van der Waals surface area (Å²) >= 11 is 0. The van der Waals surface area contributed by atoms with Gasteiger partial charge >= 0.3 is 0 Å². The number of aliphatic imine (C=N–C) groups is 1. The van der Waals surface area contributed by atoms with Gasteiger partial charge in [-0.2, -0.15) is 0 Å². The van der Waals surface area contributed by atoms with Crippen LogP contribution in [0.2, 0.25) is 0 Å². The van der Waals surface area contributed by atoms with Crippen LogP contribution in [-0.4, -0.2) is 33.6 Å². The van der Waals surface area contributed by atoms with Crippen molar-refractivity contribution < 1.29 is 9.47 Å². The molecule has 0 aliphatic heterocycles. The molecule has 0 heterocycles. The Labute approximate surface area is 142 Å². The van der Waals surface area contributed by atoms with Crippen LogP contribution in [0.15, 0.2) is 60.1 Å². The average Bonchev–Trinajstić information content (AvgIpc) is 2.58. The highest BCUT2D eigenvalue weighted by Gasteiger charge is 2.00. The van der Waals surface area contributed by atoms with Crippen LogP contribution in [0.1, 0.15) is 26.3 Å². The predicted molar refractivity (Wildman–Crippen MR) is 102 cm³/mol. The molecule has 0 radical (unpaired) electrons. The number of hydrogen-bond acceptors (Lipinski definition) is 3. The molecule has 0 fully saturated rings. The molecule has 0 saturated carbocycles. The summed E-state index contributed by atoms with van der Waals surface area (Å²) in [4.78, 5) is 3.59. The fraction of sp³-hybridized carbons (Fsp3) is 0.450. The van der Waals surface area contributed by atoms with Crippen molar-refractivity contribution in [3.05, 3.63) is 60.7 Å². The molecule has 1 aromatic carbocycles. The molecule has 0 spiro atoms. The van der Waals surface area contributed by atoms with Gasteiger partial charge in [-0.1, -0.05) is 70.3 Å². The van der Waals surface area contributed by atoms with Crippen LogP contribution in [0.4, 0.5) is 0 Å². The topological polar surface area (TPSA) is 30.8 Å². The van der Waals surface area contributed by atoms with E-state index in [4.69, 9.17) is 9.47 Å². The van der Waals surface area contributed by atoms with E-state index >= 15 is 0 Å². The van der Waals surface area contributed by atoms with Crippen LogP contribution >= 0.6 is 0 Å². The lowest BCUT2D eigenvalue weighted by molar-refractivity contribution is 0.0561. The molecule has 1 aromatic rings. The van der Waals surface area contributed by atoms with Crippen molar-refractivity contribution in [2.45, 2.75) is 27.4 Å². The highest BCUT2D eigenvalue weighted by molar-refractivity contribution is 5.26. The van der Waals surface area contributed by atoms with Crippen LogP contribution in [0.25, 0.3) is 0 Å². The number of nitrogens with zero attached hydrogens (tertiary/aromatic N) is 1. The Bertz CT molecular complexity index is 401. The summed E-state index contributed by atoms with van der Waals surface area (Å²) in [5, 5.41) is 0. The summed E-state index contributed by atoms with van der Waals surface area (Å²) in [6.07, 6.45) is 1.68. The van der Waals surface area contributed by atoms with Crippen molar-refractivity contribution >= 4 is 6.72 Å².